The molecular formula is C24H18ClFN2O2. The van der Waals surface area contributed by atoms with Gasteiger partial charge in [-0.3, -0.25) is 9.59 Å². The SMILES string of the molecule is O=C(Nc1ccc(F)cc1Cl)[C@H]1c2ccccc2C(=O)N2CCc3ccccc3[C@@H]12. The summed E-state index contributed by atoms with van der Waals surface area (Å²) in [6, 6.07) is 18.6. The van der Waals surface area contributed by atoms with Crippen molar-refractivity contribution in [3.8, 4) is 0 Å². The minimum atomic E-state index is -0.610. The molecule has 1 N–H and O–H groups in total. The van der Waals surface area contributed by atoms with Crippen molar-refractivity contribution in [2.45, 2.75) is 18.4 Å². The number of hydrogen-bond acceptors (Lipinski definition) is 2. The average molecular weight is 421 g/mol. The monoisotopic (exact) mass is 420 g/mol. The molecule has 2 heterocycles. The number of carbonyl (C=O) groups excluding carboxylic acids is 2. The lowest BCUT2D eigenvalue weighted by Gasteiger charge is -2.45. The van der Waals surface area contributed by atoms with Crippen LogP contribution in [-0.2, 0) is 11.2 Å². The van der Waals surface area contributed by atoms with Crippen molar-refractivity contribution >= 4 is 29.1 Å². The Labute approximate surface area is 178 Å². The molecule has 0 unspecified atom stereocenters. The molecule has 2 aliphatic rings. The quantitative estimate of drug-likeness (QED) is 0.637. The largest absolute Gasteiger partial charge is 0.330 e. The number of nitrogens with one attached hydrogen (secondary N) is 1. The van der Waals surface area contributed by atoms with Crippen molar-refractivity contribution in [2.75, 3.05) is 11.9 Å². The zero-order chi connectivity index (χ0) is 20.8. The van der Waals surface area contributed by atoms with Gasteiger partial charge in [-0.1, -0.05) is 54.1 Å². The van der Waals surface area contributed by atoms with Crippen LogP contribution in [0.15, 0.2) is 66.7 Å². The van der Waals surface area contributed by atoms with Crippen molar-refractivity contribution < 1.29 is 14.0 Å². The molecule has 4 nitrogen and oxygen atoms in total. The fraction of sp³-hybridized carbons (Fsp3) is 0.167. The van der Waals surface area contributed by atoms with Crippen LogP contribution in [0.1, 0.15) is 39.0 Å². The maximum Gasteiger partial charge on any atom is 0.254 e. The first-order chi connectivity index (χ1) is 14.5. The molecule has 0 saturated heterocycles. The zero-order valence-corrected chi connectivity index (χ0v) is 16.7. The second-order valence-electron chi connectivity index (χ2n) is 7.57. The molecule has 2 amide bonds. The van der Waals surface area contributed by atoms with E-state index in [4.69, 9.17) is 11.6 Å². The van der Waals surface area contributed by atoms with E-state index < -0.39 is 17.8 Å². The highest BCUT2D eigenvalue weighted by molar-refractivity contribution is 6.33. The van der Waals surface area contributed by atoms with Gasteiger partial charge < -0.3 is 10.2 Å². The van der Waals surface area contributed by atoms with Gasteiger partial charge in [0.25, 0.3) is 5.91 Å². The number of carbonyl (C=O) groups is 2. The molecule has 5 rings (SSSR count). The van der Waals surface area contributed by atoms with E-state index in [0.29, 0.717) is 23.4 Å². The molecule has 0 aliphatic carbocycles. The van der Waals surface area contributed by atoms with E-state index in [9.17, 15) is 14.0 Å². The molecule has 6 heteroatoms. The van der Waals surface area contributed by atoms with Crippen LogP contribution in [0.25, 0.3) is 0 Å². The minimum Gasteiger partial charge on any atom is -0.330 e. The van der Waals surface area contributed by atoms with Gasteiger partial charge in [0.15, 0.2) is 0 Å². The topological polar surface area (TPSA) is 49.4 Å². The second kappa shape index (κ2) is 7.26. The summed E-state index contributed by atoms with van der Waals surface area (Å²) in [5.41, 5.74) is 3.70. The van der Waals surface area contributed by atoms with Crippen molar-refractivity contribution in [3.63, 3.8) is 0 Å². The van der Waals surface area contributed by atoms with Gasteiger partial charge in [-0.05, 0) is 47.4 Å². The molecule has 30 heavy (non-hydrogen) atoms. The van der Waals surface area contributed by atoms with Gasteiger partial charge in [-0.25, -0.2) is 4.39 Å². The molecule has 0 spiro atoms. The van der Waals surface area contributed by atoms with Gasteiger partial charge in [0, 0.05) is 12.1 Å². The summed E-state index contributed by atoms with van der Waals surface area (Å²) in [4.78, 5) is 28.5. The van der Waals surface area contributed by atoms with E-state index in [1.807, 2.05) is 36.4 Å². The summed E-state index contributed by atoms with van der Waals surface area (Å²) in [6.45, 7) is 0.552. The summed E-state index contributed by atoms with van der Waals surface area (Å²) in [5.74, 6) is -1.43. The number of anilines is 1. The Kier molecular flexibility index (Phi) is 4.55. The minimum absolute atomic E-state index is 0.0611. The van der Waals surface area contributed by atoms with Crippen molar-refractivity contribution in [1.82, 2.24) is 4.90 Å². The maximum absolute atomic E-state index is 13.5. The van der Waals surface area contributed by atoms with Crippen LogP contribution in [0.4, 0.5) is 10.1 Å². The Morgan fingerprint density at radius 3 is 2.57 bits per heavy atom. The molecule has 0 saturated carbocycles. The van der Waals surface area contributed by atoms with Crippen LogP contribution in [0.5, 0.6) is 0 Å². The molecule has 3 aromatic rings. The number of rotatable bonds is 2. The third-order valence-electron chi connectivity index (χ3n) is 5.91. The van der Waals surface area contributed by atoms with Gasteiger partial charge in [-0.2, -0.15) is 0 Å². The summed E-state index contributed by atoms with van der Waals surface area (Å²) >= 11 is 6.14. The van der Waals surface area contributed by atoms with E-state index >= 15 is 0 Å². The fourth-order valence-corrected chi connectivity index (χ4v) is 4.77. The van der Waals surface area contributed by atoms with E-state index in [-0.39, 0.29) is 16.8 Å². The highest BCUT2D eigenvalue weighted by atomic mass is 35.5. The fourth-order valence-electron chi connectivity index (χ4n) is 4.56. The van der Waals surface area contributed by atoms with Gasteiger partial charge in [0.2, 0.25) is 5.91 Å². The van der Waals surface area contributed by atoms with E-state index in [2.05, 4.69) is 5.32 Å². The van der Waals surface area contributed by atoms with Crippen molar-refractivity contribution in [1.29, 1.82) is 0 Å². The second-order valence-corrected chi connectivity index (χ2v) is 7.98. The maximum atomic E-state index is 13.5. The number of halogens is 2. The standard InChI is InChI=1S/C24H18ClFN2O2/c25-19-13-15(26)9-10-20(19)27-23(29)21-17-7-3-4-8-18(17)24(30)28-12-11-14-5-1-2-6-16(14)22(21)28/h1-10,13,21-22H,11-12H2,(H,27,29)/t21-,22-/m0/s1. The highest BCUT2D eigenvalue weighted by Crippen LogP contribution is 2.46. The van der Waals surface area contributed by atoms with E-state index in [1.54, 1.807) is 17.0 Å². The zero-order valence-electron chi connectivity index (χ0n) is 15.9. The average Bonchev–Trinajstić information content (AvgIpc) is 2.76. The Morgan fingerprint density at radius 1 is 1.03 bits per heavy atom. The molecule has 2 aliphatic heterocycles. The number of hydrogen-bond donors (Lipinski definition) is 1. The summed E-state index contributed by atoms with van der Waals surface area (Å²) < 4.78 is 13.4. The predicted molar refractivity (Wildman–Crippen MR) is 113 cm³/mol. The Hall–Kier alpha value is -3.18. The first kappa shape index (κ1) is 18.8. The lowest BCUT2D eigenvalue weighted by molar-refractivity contribution is -0.119. The Balaban J connectivity index is 1.63. The number of amides is 2. The third-order valence-corrected chi connectivity index (χ3v) is 6.22. The molecule has 0 radical (unpaired) electrons. The smallest absolute Gasteiger partial charge is 0.254 e. The van der Waals surface area contributed by atoms with E-state index in [1.165, 1.54) is 12.1 Å². The molecule has 0 fully saturated rings. The summed E-state index contributed by atoms with van der Waals surface area (Å²) in [7, 11) is 0. The van der Waals surface area contributed by atoms with Gasteiger partial charge >= 0.3 is 0 Å². The normalized spacial score (nSPS) is 19.5. The molecule has 3 aromatic carbocycles. The van der Waals surface area contributed by atoms with Crippen molar-refractivity contribution in [2.24, 2.45) is 0 Å². The summed E-state index contributed by atoms with van der Waals surface area (Å²) in [5, 5.41) is 2.98. The van der Waals surface area contributed by atoms with Crippen LogP contribution < -0.4 is 5.32 Å². The van der Waals surface area contributed by atoms with Crippen LogP contribution in [0, 0.1) is 5.82 Å². The van der Waals surface area contributed by atoms with Crippen LogP contribution in [0.3, 0.4) is 0 Å². The molecule has 150 valence electrons. The number of fused-ring (bicyclic) bond motifs is 4. The van der Waals surface area contributed by atoms with Crippen LogP contribution in [0.2, 0.25) is 5.02 Å². The predicted octanol–water partition coefficient (Wildman–Crippen LogP) is 4.95. The molecule has 0 aromatic heterocycles. The highest BCUT2D eigenvalue weighted by Gasteiger charge is 2.46. The third kappa shape index (κ3) is 2.97. The van der Waals surface area contributed by atoms with Gasteiger partial charge in [0.05, 0.1) is 22.7 Å². The van der Waals surface area contributed by atoms with Crippen LogP contribution in [-0.4, -0.2) is 23.3 Å². The van der Waals surface area contributed by atoms with Gasteiger partial charge in [0.1, 0.15) is 5.82 Å². The molecule has 2 atom stereocenters. The lowest BCUT2D eigenvalue weighted by atomic mass is 9.76. The lowest BCUT2D eigenvalue weighted by Crippen LogP contribution is -2.49. The summed E-state index contributed by atoms with van der Waals surface area (Å²) in [6.07, 6.45) is 0.749. The van der Waals surface area contributed by atoms with Crippen LogP contribution >= 0.6 is 11.6 Å². The van der Waals surface area contributed by atoms with E-state index in [0.717, 1.165) is 23.6 Å². The number of benzene rings is 3. The Bertz CT molecular complexity index is 1180. The first-order valence-electron chi connectivity index (χ1n) is 9.78. The van der Waals surface area contributed by atoms with Crippen molar-refractivity contribution in [3.05, 3.63) is 99.8 Å². The Morgan fingerprint density at radius 2 is 1.77 bits per heavy atom. The molecule has 0 bridgehead atoms. The van der Waals surface area contributed by atoms with Gasteiger partial charge in [-0.15, -0.1) is 0 Å². The molecular weight excluding hydrogens is 403 g/mol. The first-order valence-corrected chi connectivity index (χ1v) is 10.2. The number of nitrogens with zero attached hydrogens (tertiary/aromatic N) is 1.